The number of primary amides is 1. The van der Waals surface area contributed by atoms with Crippen LogP contribution >= 0.6 is 23.5 Å². The molecule has 6 amide bonds. The summed E-state index contributed by atoms with van der Waals surface area (Å²) in [5.74, 6) is -2.74. The third-order valence-electron chi connectivity index (χ3n) is 11.1. The first-order valence-electron chi connectivity index (χ1n) is 24.2. The summed E-state index contributed by atoms with van der Waals surface area (Å²) >= 11 is 2.83. The van der Waals surface area contributed by atoms with Crippen LogP contribution in [0, 0.1) is 5.92 Å². The summed E-state index contributed by atoms with van der Waals surface area (Å²) in [6, 6.07) is 13.2. The fourth-order valence-corrected chi connectivity index (χ4v) is 8.64. The van der Waals surface area contributed by atoms with Crippen molar-refractivity contribution in [3.8, 4) is 0 Å². The Bertz CT molecular complexity index is 1780. The van der Waals surface area contributed by atoms with Gasteiger partial charge in [0.1, 0.15) is 30.2 Å². The summed E-state index contributed by atoms with van der Waals surface area (Å²) in [5.41, 5.74) is 7.26. The SMILES string of the molecule is CCCCCCC(=O)N[C@@H](CSCCOCCOCCSC[C@H](NC(=O)CCCCCC)C(=O)N[C@H](C(=O)N[C@@H](Cc1ccccc1)C(N)=O)C(C)CC)C(=O)N[C@@H](Cc1ccccc1)C(=O)O. The van der Waals surface area contributed by atoms with Crippen molar-refractivity contribution in [1.29, 1.82) is 0 Å². The normalized spacial score (nSPS) is 13.8. The van der Waals surface area contributed by atoms with E-state index in [1.54, 1.807) is 24.3 Å². The van der Waals surface area contributed by atoms with Gasteiger partial charge in [-0.3, -0.25) is 28.8 Å². The molecular weight excluding hydrogens is 909 g/mol. The van der Waals surface area contributed by atoms with Crippen molar-refractivity contribution in [1.82, 2.24) is 26.6 Å². The summed E-state index contributed by atoms with van der Waals surface area (Å²) in [4.78, 5) is 90.9. The predicted molar refractivity (Wildman–Crippen MR) is 270 cm³/mol. The van der Waals surface area contributed by atoms with Crippen molar-refractivity contribution in [2.24, 2.45) is 11.7 Å². The fourth-order valence-electron chi connectivity index (χ4n) is 6.90. The third kappa shape index (κ3) is 26.2. The third-order valence-corrected chi connectivity index (χ3v) is 13.2. The number of carboxylic acid groups (broad SMARTS) is 1. The molecule has 6 atom stereocenters. The highest BCUT2D eigenvalue weighted by molar-refractivity contribution is 7.99. The van der Waals surface area contributed by atoms with Crippen molar-refractivity contribution in [2.45, 2.75) is 141 Å². The number of amides is 6. The minimum atomic E-state index is -1.16. The van der Waals surface area contributed by atoms with Gasteiger partial charge in [-0.25, -0.2) is 4.79 Å². The molecule has 0 aliphatic carbocycles. The number of aliphatic carboxylic acids is 1. The van der Waals surface area contributed by atoms with Crippen LogP contribution in [0.25, 0.3) is 0 Å². The van der Waals surface area contributed by atoms with E-state index in [1.165, 1.54) is 23.5 Å². The molecule has 0 saturated carbocycles. The van der Waals surface area contributed by atoms with Crippen LogP contribution in [0.4, 0.5) is 0 Å². The minimum Gasteiger partial charge on any atom is -0.480 e. The Balaban J connectivity index is 1.88. The van der Waals surface area contributed by atoms with E-state index in [4.69, 9.17) is 15.2 Å². The lowest BCUT2D eigenvalue weighted by Gasteiger charge is -2.28. The average molecular weight is 987 g/mol. The van der Waals surface area contributed by atoms with Crippen LogP contribution in [-0.4, -0.2) is 126 Å². The van der Waals surface area contributed by atoms with E-state index in [-0.39, 0.29) is 54.9 Å². The maximum absolute atomic E-state index is 13.8. The highest BCUT2D eigenvalue weighted by Gasteiger charge is 2.32. The predicted octanol–water partition coefficient (Wildman–Crippen LogP) is 4.95. The highest BCUT2D eigenvalue weighted by atomic mass is 32.2. The van der Waals surface area contributed by atoms with Crippen molar-refractivity contribution in [3.05, 3.63) is 71.8 Å². The van der Waals surface area contributed by atoms with Crippen molar-refractivity contribution >= 4 is 64.9 Å². The zero-order valence-electron chi connectivity index (χ0n) is 40.6. The number of carbonyl (C=O) groups is 7. The standard InChI is InChI=1S/C50H78N6O10S2/c1-5-8-10-18-24-43(57)52-41(47(60)55-40(50(63)64)33-38-22-16-13-17-23-38)34-67-30-28-65-26-27-66-29-31-68-35-42(53-44(58)25-19-11-9-6-2)48(61)56-45(36(4)7-3)49(62)54-39(46(51)59)32-37-20-14-12-15-21-37/h12-17,20-23,36,39-42,45H,5-11,18-19,24-35H2,1-4H3,(H2,51,59)(H,52,57)(H,53,58)(H,54,62)(H,55,60)(H,56,61)(H,63,64)/t36?,39-,40-,41-,42-,45-/m0/s1. The molecule has 8 N–H and O–H groups in total. The monoisotopic (exact) mass is 987 g/mol. The van der Waals surface area contributed by atoms with Gasteiger partial charge < -0.3 is 46.9 Å². The van der Waals surface area contributed by atoms with Gasteiger partial charge in [0.2, 0.25) is 35.4 Å². The van der Waals surface area contributed by atoms with E-state index in [0.29, 0.717) is 57.2 Å². The molecule has 16 nitrogen and oxygen atoms in total. The van der Waals surface area contributed by atoms with Crippen molar-refractivity contribution < 1.29 is 48.1 Å². The van der Waals surface area contributed by atoms with E-state index < -0.39 is 59.8 Å². The second-order valence-corrected chi connectivity index (χ2v) is 19.1. The number of nitrogens with one attached hydrogen (secondary N) is 5. The van der Waals surface area contributed by atoms with Gasteiger partial charge in [-0.05, 0) is 29.9 Å². The first-order chi connectivity index (χ1) is 32.8. The van der Waals surface area contributed by atoms with Crippen LogP contribution in [0.5, 0.6) is 0 Å². The molecular formula is C50H78N6O10S2. The molecule has 0 spiro atoms. The second-order valence-electron chi connectivity index (χ2n) is 16.9. The number of nitrogens with two attached hydrogens (primary N) is 1. The first kappa shape index (κ1) is 59.5. The van der Waals surface area contributed by atoms with Crippen LogP contribution in [0.2, 0.25) is 0 Å². The molecule has 0 aliphatic heterocycles. The summed E-state index contributed by atoms with van der Waals surface area (Å²) in [6.45, 7) is 9.23. The molecule has 380 valence electrons. The second kappa shape index (κ2) is 36.3. The van der Waals surface area contributed by atoms with Gasteiger partial charge in [0.15, 0.2) is 0 Å². The van der Waals surface area contributed by atoms with E-state index in [1.807, 2.05) is 50.2 Å². The molecule has 0 aromatic heterocycles. The van der Waals surface area contributed by atoms with Crippen LogP contribution in [0.3, 0.4) is 0 Å². The van der Waals surface area contributed by atoms with Gasteiger partial charge in [-0.15, -0.1) is 0 Å². The Morgan fingerprint density at radius 2 is 1.00 bits per heavy atom. The maximum atomic E-state index is 13.8. The summed E-state index contributed by atoms with van der Waals surface area (Å²) < 4.78 is 11.5. The molecule has 0 saturated heterocycles. The minimum absolute atomic E-state index is 0.106. The lowest BCUT2D eigenvalue weighted by molar-refractivity contribution is -0.142. The number of hydrogen-bond donors (Lipinski definition) is 7. The molecule has 18 heteroatoms. The molecule has 2 rings (SSSR count). The molecule has 0 heterocycles. The van der Waals surface area contributed by atoms with Gasteiger partial charge in [-0.2, -0.15) is 23.5 Å². The molecule has 0 fully saturated rings. The molecule has 0 aliphatic rings. The Kier molecular flexibility index (Phi) is 31.8. The molecule has 1 unspecified atom stereocenters. The maximum Gasteiger partial charge on any atom is 0.326 e. The van der Waals surface area contributed by atoms with Gasteiger partial charge in [0, 0.05) is 48.7 Å². The van der Waals surface area contributed by atoms with Gasteiger partial charge in [0.05, 0.1) is 26.4 Å². The van der Waals surface area contributed by atoms with E-state index in [2.05, 4.69) is 40.4 Å². The summed E-state index contributed by atoms with van der Waals surface area (Å²) in [5, 5.41) is 23.7. The lowest BCUT2D eigenvalue weighted by atomic mass is 9.97. The fraction of sp³-hybridized carbons (Fsp3) is 0.620. The Hall–Kier alpha value is -4.65. The molecule has 2 aromatic carbocycles. The largest absolute Gasteiger partial charge is 0.480 e. The lowest BCUT2D eigenvalue weighted by Crippen LogP contribution is -2.59. The number of unbranched alkanes of at least 4 members (excludes halogenated alkanes) is 6. The highest BCUT2D eigenvalue weighted by Crippen LogP contribution is 2.13. The Labute approximate surface area is 412 Å². The Morgan fingerprint density at radius 3 is 1.43 bits per heavy atom. The number of benzene rings is 2. The average Bonchev–Trinajstić information content (AvgIpc) is 3.32. The smallest absolute Gasteiger partial charge is 0.326 e. The topological polar surface area (TPSA) is 244 Å². The summed E-state index contributed by atoms with van der Waals surface area (Å²) in [6.07, 6.45) is 8.71. The number of carbonyl (C=O) groups excluding carboxylic acids is 6. The molecule has 68 heavy (non-hydrogen) atoms. The quantitative estimate of drug-likeness (QED) is 0.0440. The van der Waals surface area contributed by atoms with Crippen LogP contribution in [-0.2, 0) is 55.9 Å². The number of ether oxygens (including phenoxy) is 2. The molecule has 0 radical (unpaired) electrons. The molecule has 2 aromatic rings. The first-order valence-corrected chi connectivity index (χ1v) is 26.5. The van der Waals surface area contributed by atoms with Crippen molar-refractivity contribution in [3.63, 3.8) is 0 Å². The zero-order valence-corrected chi connectivity index (χ0v) is 42.2. The van der Waals surface area contributed by atoms with Crippen LogP contribution in [0.1, 0.15) is 109 Å². The van der Waals surface area contributed by atoms with Crippen LogP contribution < -0.4 is 32.3 Å². The van der Waals surface area contributed by atoms with Crippen molar-refractivity contribution in [2.75, 3.05) is 49.4 Å². The Morgan fingerprint density at radius 1 is 0.559 bits per heavy atom. The summed E-state index contributed by atoms with van der Waals surface area (Å²) in [7, 11) is 0. The number of thioether (sulfide) groups is 2. The van der Waals surface area contributed by atoms with E-state index >= 15 is 0 Å². The van der Waals surface area contributed by atoms with Gasteiger partial charge in [0.25, 0.3) is 0 Å². The van der Waals surface area contributed by atoms with E-state index in [9.17, 15) is 38.7 Å². The molecule has 0 bridgehead atoms. The number of carboxylic acids is 1. The van der Waals surface area contributed by atoms with Gasteiger partial charge >= 0.3 is 5.97 Å². The number of hydrogen-bond acceptors (Lipinski definition) is 11. The van der Waals surface area contributed by atoms with E-state index in [0.717, 1.165) is 49.7 Å². The van der Waals surface area contributed by atoms with Gasteiger partial charge in [-0.1, -0.05) is 133 Å². The number of rotatable bonds is 39. The van der Waals surface area contributed by atoms with Crippen LogP contribution in [0.15, 0.2) is 60.7 Å². The zero-order chi connectivity index (χ0) is 49.9.